The molecule has 2 heteroatoms. The minimum absolute atomic E-state index is 0.149. The molecule has 0 aromatic heterocycles. The Morgan fingerprint density at radius 1 is 1.27 bits per heavy atom. The van der Waals surface area contributed by atoms with E-state index in [1.165, 1.54) is 0 Å². The van der Waals surface area contributed by atoms with Crippen LogP contribution < -0.4 is 4.74 Å². The van der Waals surface area contributed by atoms with Crippen molar-refractivity contribution in [2.75, 3.05) is 6.61 Å². The Balaban J connectivity index is 2.58. The number of hydrogen-bond donors (Lipinski definition) is 0. The van der Waals surface area contributed by atoms with Gasteiger partial charge in [0.05, 0.1) is 0 Å². The lowest BCUT2D eigenvalue weighted by Gasteiger charge is -2.17. The van der Waals surface area contributed by atoms with E-state index in [1.54, 1.807) is 0 Å². The molecule has 0 saturated heterocycles. The molecule has 1 aromatic rings. The molecule has 0 saturated carbocycles. The smallest absolute Gasteiger partial charge is 0.199 e. The van der Waals surface area contributed by atoms with Crippen molar-refractivity contribution in [3.8, 4) is 5.75 Å². The van der Waals surface area contributed by atoms with Gasteiger partial charge in [0.15, 0.2) is 6.29 Å². The average Bonchev–Trinajstić information content (AvgIpc) is 2.29. The van der Waals surface area contributed by atoms with Crippen LogP contribution in [0, 0.1) is 0 Å². The van der Waals surface area contributed by atoms with Crippen LogP contribution in [0.2, 0.25) is 0 Å². The molecule has 0 aliphatic rings. The van der Waals surface area contributed by atoms with Gasteiger partial charge in [0.2, 0.25) is 0 Å². The number of hydrogen-bond acceptors (Lipinski definition) is 2. The standard InChI is InChI=1S/C13H18O2/c1-4-11-7-9-12(10-8-11)15-13(5-2)14-6-3/h4,7-10,13H,1,5-6H2,2-3H3. The Labute approximate surface area is 91.5 Å². The molecule has 1 atom stereocenters. The molecule has 1 rings (SSSR count). The Kier molecular flexibility index (Phi) is 4.91. The summed E-state index contributed by atoms with van der Waals surface area (Å²) in [4.78, 5) is 0. The minimum Gasteiger partial charge on any atom is -0.465 e. The molecule has 1 unspecified atom stereocenters. The zero-order valence-corrected chi connectivity index (χ0v) is 9.40. The first-order valence-electron chi connectivity index (χ1n) is 5.30. The van der Waals surface area contributed by atoms with Gasteiger partial charge in [0.1, 0.15) is 5.75 Å². The van der Waals surface area contributed by atoms with Crippen LogP contribution in [0.1, 0.15) is 25.8 Å². The SMILES string of the molecule is C=Cc1ccc(OC(CC)OCC)cc1. The number of benzene rings is 1. The van der Waals surface area contributed by atoms with Crippen molar-refractivity contribution < 1.29 is 9.47 Å². The van der Waals surface area contributed by atoms with Crippen LogP contribution in [0.25, 0.3) is 6.08 Å². The van der Waals surface area contributed by atoms with Gasteiger partial charge in [-0.3, -0.25) is 0 Å². The third-order valence-electron chi connectivity index (χ3n) is 2.07. The van der Waals surface area contributed by atoms with E-state index in [0.29, 0.717) is 6.61 Å². The summed E-state index contributed by atoms with van der Waals surface area (Å²) < 4.78 is 11.1. The van der Waals surface area contributed by atoms with Crippen molar-refractivity contribution in [2.24, 2.45) is 0 Å². The Morgan fingerprint density at radius 2 is 1.93 bits per heavy atom. The summed E-state index contributed by atoms with van der Waals surface area (Å²) in [6, 6.07) is 7.80. The number of rotatable bonds is 6. The Morgan fingerprint density at radius 3 is 2.40 bits per heavy atom. The molecule has 0 amide bonds. The van der Waals surface area contributed by atoms with Gasteiger partial charge in [-0.2, -0.15) is 0 Å². The second kappa shape index (κ2) is 6.25. The second-order valence-electron chi connectivity index (χ2n) is 3.18. The van der Waals surface area contributed by atoms with E-state index in [0.717, 1.165) is 17.7 Å². The summed E-state index contributed by atoms with van der Waals surface area (Å²) in [6.45, 7) is 8.38. The first-order valence-corrected chi connectivity index (χ1v) is 5.30. The van der Waals surface area contributed by atoms with Gasteiger partial charge in [-0.15, -0.1) is 0 Å². The summed E-state index contributed by atoms with van der Waals surface area (Å²) in [7, 11) is 0. The van der Waals surface area contributed by atoms with Crippen molar-refractivity contribution in [2.45, 2.75) is 26.6 Å². The molecule has 15 heavy (non-hydrogen) atoms. The molecule has 2 nitrogen and oxygen atoms in total. The molecule has 0 spiro atoms. The lowest BCUT2D eigenvalue weighted by Crippen LogP contribution is -2.19. The van der Waals surface area contributed by atoms with E-state index >= 15 is 0 Å². The predicted molar refractivity (Wildman–Crippen MR) is 62.9 cm³/mol. The van der Waals surface area contributed by atoms with Crippen LogP contribution in [0.5, 0.6) is 5.75 Å². The van der Waals surface area contributed by atoms with E-state index in [2.05, 4.69) is 6.58 Å². The summed E-state index contributed by atoms with van der Waals surface area (Å²) in [6.07, 6.45) is 2.50. The third-order valence-corrected chi connectivity index (χ3v) is 2.07. The van der Waals surface area contributed by atoms with E-state index < -0.39 is 0 Å². The fourth-order valence-electron chi connectivity index (χ4n) is 1.26. The van der Waals surface area contributed by atoms with Crippen LogP contribution in [0.3, 0.4) is 0 Å². The molecule has 0 aliphatic heterocycles. The summed E-state index contributed by atoms with van der Waals surface area (Å²) in [5.41, 5.74) is 1.09. The monoisotopic (exact) mass is 206 g/mol. The Hall–Kier alpha value is -1.28. The van der Waals surface area contributed by atoms with E-state index in [9.17, 15) is 0 Å². The van der Waals surface area contributed by atoms with Crippen molar-refractivity contribution in [3.63, 3.8) is 0 Å². The highest BCUT2D eigenvalue weighted by Gasteiger charge is 2.06. The van der Waals surface area contributed by atoms with Crippen LogP contribution in [-0.4, -0.2) is 12.9 Å². The summed E-state index contributed by atoms with van der Waals surface area (Å²) in [5, 5.41) is 0. The molecule has 0 fully saturated rings. The molecule has 0 heterocycles. The van der Waals surface area contributed by atoms with Crippen LogP contribution in [0.4, 0.5) is 0 Å². The Bertz CT molecular complexity index is 290. The van der Waals surface area contributed by atoms with E-state index in [4.69, 9.17) is 9.47 Å². The van der Waals surface area contributed by atoms with Crippen LogP contribution >= 0.6 is 0 Å². The van der Waals surface area contributed by atoms with E-state index in [-0.39, 0.29) is 6.29 Å². The summed E-state index contributed by atoms with van der Waals surface area (Å²) >= 11 is 0. The normalized spacial score (nSPS) is 12.1. The third kappa shape index (κ3) is 3.76. The van der Waals surface area contributed by atoms with Gasteiger partial charge < -0.3 is 9.47 Å². The molecule has 0 aliphatic carbocycles. The predicted octanol–water partition coefficient (Wildman–Crippen LogP) is 3.48. The summed E-state index contributed by atoms with van der Waals surface area (Å²) in [5.74, 6) is 0.834. The largest absolute Gasteiger partial charge is 0.465 e. The average molecular weight is 206 g/mol. The van der Waals surface area contributed by atoms with Gasteiger partial charge in [0.25, 0.3) is 0 Å². The van der Waals surface area contributed by atoms with E-state index in [1.807, 2.05) is 44.2 Å². The zero-order valence-electron chi connectivity index (χ0n) is 9.40. The van der Waals surface area contributed by atoms with Gasteiger partial charge in [-0.25, -0.2) is 0 Å². The minimum atomic E-state index is -0.149. The van der Waals surface area contributed by atoms with Crippen LogP contribution in [-0.2, 0) is 4.74 Å². The van der Waals surface area contributed by atoms with Crippen molar-refractivity contribution >= 4 is 6.08 Å². The highest BCUT2D eigenvalue weighted by atomic mass is 16.7. The fourth-order valence-corrected chi connectivity index (χ4v) is 1.26. The maximum atomic E-state index is 5.65. The van der Waals surface area contributed by atoms with Crippen LogP contribution in [0.15, 0.2) is 30.8 Å². The van der Waals surface area contributed by atoms with Crippen molar-refractivity contribution in [1.82, 2.24) is 0 Å². The van der Waals surface area contributed by atoms with Gasteiger partial charge in [-0.1, -0.05) is 31.7 Å². The second-order valence-corrected chi connectivity index (χ2v) is 3.18. The lowest BCUT2D eigenvalue weighted by atomic mass is 10.2. The first-order chi connectivity index (χ1) is 7.30. The topological polar surface area (TPSA) is 18.5 Å². The lowest BCUT2D eigenvalue weighted by molar-refractivity contribution is -0.0766. The highest BCUT2D eigenvalue weighted by molar-refractivity contribution is 5.48. The zero-order chi connectivity index (χ0) is 11.1. The number of ether oxygens (including phenoxy) is 2. The quantitative estimate of drug-likeness (QED) is 0.663. The highest BCUT2D eigenvalue weighted by Crippen LogP contribution is 2.15. The van der Waals surface area contributed by atoms with Crippen molar-refractivity contribution in [1.29, 1.82) is 0 Å². The van der Waals surface area contributed by atoms with Gasteiger partial charge >= 0.3 is 0 Å². The molecule has 0 radical (unpaired) electrons. The van der Waals surface area contributed by atoms with Crippen molar-refractivity contribution in [3.05, 3.63) is 36.4 Å². The maximum absolute atomic E-state index is 5.65. The van der Waals surface area contributed by atoms with Gasteiger partial charge in [-0.05, 0) is 24.6 Å². The first kappa shape index (κ1) is 11.8. The fraction of sp³-hybridized carbons (Fsp3) is 0.385. The molecule has 0 N–H and O–H groups in total. The molecule has 0 bridgehead atoms. The molecular formula is C13H18O2. The van der Waals surface area contributed by atoms with Gasteiger partial charge in [0, 0.05) is 13.0 Å². The molecule has 1 aromatic carbocycles. The molecule has 82 valence electrons. The molecular weight excluding hydrogens is 188 g/mol. The maximum Gasteiger partial charge on any atom is 0.199 e.